The summed E-state index contributed by atoms with van der Waals surface area (Å²) in [6, 6.07) is 22.0. The van der Waals surface area contributed by atoms with Gasteiger partial charge in [-0.15, -0.1) is 0 Å². The first-order valence-electron chi connectivity index (χ1n) is 10.6. The summed E-state index contributed by atoms with van der Waals surface area (Å²) in [5, 5.41) is 16.5. The molecule has 0 unspecified atom stereocenters. The van der Waals surface area contributed by atoms with Gasteiger partial charge >= 0.3 is 0 Å². The van der Waals surface area contributed by atoms with Crippen molar-refractivity contribution in [3.63, 3.8) is 0 Å². The molecule has 168 valence electrons. The van der Waals surface area contributed by atoms with Gasteiger partial charge in [-0.05, 0) is 47.7 Å². The zero-order valence-electron chi connectivity index (χ0n) is 18.7. The molecule has 0 saturated heterocycles. The molecule has 1 amide bonds. The number of para-hydroxylation sites is 1. The topological polar surface area (TPSA) is 79.8 Å². The molecule has 0 radical (unpaired) electrons. The second-order valence-corrected chi connectivity index (χ2v) is 7.46. The number of hydrogen-bond acceptors (Lipinski definition) is 5. The number of amides is 1. The van der Waals surface area contributed by atoms with Crippen LogP contribution in [0.5, 0.6) is 17.2 Å². The molecule has 6 nitrogen and oxygen atoms in total. The summed E-state index contributed by atoms with van der Waals surface area (Å²) in [7, 11) is 4.83. The van der Waals surface area contributed by atoms with Crippen molar-refractivity contribution in [3.05, 3.63) is 89.5 Å². The standard InChI is InChI=1S/C26H30N2O4/c1-27-26(30)25(19-10-5-4-6-11-19)28-21(15-13-18-9-7-8-12-22(18)29)20-14-16-23(31-2)24(17-20)32-3/h4-12,14,16-17,21,25,28-29H,13,15H2,1-3H3,(H,27,30)/t21-,25+/m1/s1. The molecule has 0 bridgehead atoms. The highest BCUT2D eigenvalue weighted by molar-refractivity contribution is 5.83. The molecular weight excluding hydrogens is 404 g/mol. The van der Waals surface area contributed by atoms with Gasteiger partial charge in [0.15, 0.2) is 11.5 Å². The Morgan fingerprint density at radius 1 is 0.906 bits per heavy atom. The van der Waals surface area contributed by atoms with Crippen LogP contribution < -0.4 is 20.1 Å². The first kappa shape index (κ1) is 23.2. The number of phenols is 1. The van der Waals surface area contributed by atoms with E-state index in [4.69, 9.17) is 9.47 Å². The fraction of sp³-hybridized carbons (Fsp3) is 0.269. The van der Waals surface area contributed by atoms with E-state index < -0.39 is 6.04 Å². The van der Waals surface area contributed by atoms with Gasteiger partial charge in [-0.1, -0.05) is 54.6 Å². The SMILES string of the molecule is CNC(=O)[C@@H](N[C@H](CCc1ccccc1O)c1ccc(OC)c(OC)c1)c1ccccc1. The first-order valence-corrected chi connectivity index (χ1v) is 10.6. The number of nitrogens with one attached hydrogen (secondary N) is 2. The third-order valence-corrected chi connectivity index (χ3v) is 5.51. The number of hydrogen-bond donors (Lipinski definition) is 3. The van der Waals surface area contributed by atoms with E-state index in [0.717, 1.165) is 16.7 Å². The maximum atomic E-state index is 12.8. The second kappa shape index (κ2) is 11.2. The molecule has 3 aromatic rings. The Kier molecular flexibility index (Phi) is 8.11. The number of phenolic OH excluding ortho intramolecular Hbond substituents is 1. The molecule has 0 saturated carbocycles. The summed E-state index contributed by atoms with van der Waals surface area (Å²) in [5.41, 5.74) is 2.69. The van der Waals surface area contributed by atoms with Crippen LogP contribution in [0.15, 0.2) is 72.8 Å². The Labute approximate surface area is 189 Å². The molecule has 3 rings (SSSR count). The minimum absolute atomic E-state index is 0.121. The van der Waals surface area contributed by atoms with Gasteiger partial charge in [0.2, 0.25) is 5.91 Å². The Bertz CT molecular complexity index is 1020. The summed E-state index contributed by atoms with van der Waals surface area (Å²) in [6.07, 6.45) is 1.29. The molecule has 2 atom stereocenters. The van der Waals surface area contributed by atoms with Gasteiger partial charge in [0.1, 0.15) is 11.8 Å². The monoisotopic (exact) mass is 434 g/mol. The molecule has 0 aliphatic carbocycles. The van der Waals surface area contributed by atoms with Crippen molar-refractivity contribution in [2.24, 2.45) is 0 Å². The second-order valence-electron chi connectivity index (χ2n) is 7.46. The Morgan fingerprint density at radius 3 is 2.25 bits per heavy atom. The van der Waals surface area contributed by atoms with E-state index in [1.165, 1.54) is 0 Å². The number of ether oxygens (including phenoxy) is 2. The van der Waals surface area contributed by atoms with Crippen LogP contribution in [0.25, 0.3) is 0 Å². The van der Waals surface area contributed by atoms with Gasteiger partial charge < -0.3 is 19.9 Å². The number of aromatic hydroxyl groups is 1. The lowest BCUT2D eigenvalue weighted by Gasteiger charge is -2.26. The summed E-state index contributed by atoms with van der Waals surface area (Å²) >= 11 is 0. The van der Waals surface area contributed by atoms with E-state index in [1.54, 1.807) is 33.4 Å². The molecule has 0 fully saturated rings. The molecular formula is C26H30N2O4. The highest BCUT2D eigenvalue weighted by Gasteiger charge is 2.25. The number of methoxy groups -OCH3 is 2. The molecule has 32 heavy (non-hydrogen) atoms. The number of rotatable bonds is 10. The first-order chi connectivity index (χ1) is 15.6. The summed E-state index contributed by atoms with van der Waals surface area (Å²) in [4.78, 5) is 12.8. The quantitative estimate of drug-likeness (QED) is 0.447. The molecule has 6 heteroatoms. The fourth-order valence-corrected chi connectivity index (χ4v) is 3.75. The predicted octanol–water partition coefficient (Wildman–Crippen LogP) is 4.16. The van der Waals surface area contributed by atoms with Crippen LogP contribution in [0.3, 0.4) is 0 Å². The third kappa shape index (κ3) is 5.59. The number of carbonyl (C=O) groups excluding carboxylic acids is 1. The van der Waals surface area contributed by atoms with Crippen LogP contribution in [0.4, 0.5) is 0 Å². The summed E-state index contributed by atoms with van der Waals surface area (Å²) in [5.74, 6) is 1.41. The molecule has 3 N–H and O–H groups in total. The predicted molar refractivity (Wildman–Crippen MR) is 125 cm³/mol. The van der Waals surface area contributed by atoms with E-state index in [-0.39, 0.29) is 17.7 Å². The average Bonchev–Trinajstić information content (AvgIpc) is 2.84. The van der Waals surface area contributed by atoms with Gasteiger partial charge in [0.25, 0.3) is 0 Å². The maximum absolute atomic E-state index is 12.8. The Hall–Kier alpha value is -3.51. The molecule has 0 aliphatic heterocycles. The van der Waals surface area contributed by atoms with Crippen molar-refractivity contribution in [2.75, 3.05) is 21.3 Å². The molecule has 0 heterocycles. The van der Waals surface area contributed by atoms with E-state index in [2.05, 4.69) is 10.6 Å². The Morgan fingerprint density at radius 2 is 1.59 bits per heavy atom. The summed E-state index contributed by atoms with van der Waals surface area (Å²) in [6.45, 7) is 0. The zero-order valence-corrected chi connectivity index (χ0v) is 18.7. The van der Waals surface area contributed by atoms with Crippen molar-refractivity contribution in [3.8, 4) is 17.2 Å². The van der Waals surface area contributed by atoms with Crippen LogP contribution >= 0.6 is 0 Å². The lowest BCUT2D eigenvalue weighted by molar-refractivity contribution is -0.123. The number of aryl methyl sites for hydroxylation is 1. The van der Waals surface area contributed by atoms with Crippen LogP contribution in [0, 0.1) is 0 Å². The van der Waals surface area contributed by atoms with Gasteiger partial charge in [-0.2, -0.15) is 0 Å². The van der Waals surface area contributed by atoms with Crippen molar-refractivity contribution >= 4 is 5.91 Å². The van der Waals surface area contributed by atoms with Crippen molar-refractivity contribution in [1.29, 1.82) is 0 Å². The number of benzene rings is 3. The minimum atomic E-state index is -0.538. The molecule has 0 aliphatic rings. The number of carbonyl (C=O) groups is 1. The summed E-state index contributed by atoms with van der Waals surface area (Å²) < 4.78 is 10.9. The molecule has 0 aromatic heterocycles. The van der Waals surface area contributed by atoms with Crippen LogP contribution in [0.1, 0.15) is 35.2 Å². The Balaban J connectivity index is 1.95. The van der Waals surface area contributed by atoms with E-state index in [9.17, 15) is 9.90 Å². The van der Waals surface area contributed by atoms with E-state index in [0.29, 0.717) is 24.3 Å². The highest BCUT2D eigenvalue weighted by atomic mass is 16.5. The highest BCUT2D eigenvalue weighted by Crippen LogP contribution is 2.33. The van der Waals surface area contributed by atoms with E-state index >= 15 is 0 Å². The lowest BCUT2D eigenvalue weighted by atomic mass is 9.95. The van der Waals surface area contributed by atoms with Gasteiger partial charge in [-0.25, -0.2) is 0 Å². The normalized spacial score (nSPS) is 12.6. The van der Waals surface area contributed by atoms with Crippen LogP contribution in [-0.2, 0) is 11.2 Å². The maximum Gasteiger partial charge on any atom is 0.241 e. The molecule has 3 aromatic carbocycles. The fourth-order valence-electron chi connectivity index (χ4n) is 3.75. The van der Waals surface area contributed by atoms with Crippen LogP contribution in [0.2, 0.25) is 0 Å². The largest absolute Gasteiger partial charge is 0.508 e. The number of likely N-dealkylation sites (N-methyl/N-ethyl adjacent to an activating group) is 1. The van der Waals surface area contributed by atoms with Gasteiger partial charge in [-0.3, -0.25) is 10.1 Å². The minimum Gasteiger partial charge on any atom is -0.508 e. The van der Waals surface area contributed by atoms with Crippen molar-refractivity contribution in [2.45, 2.75) is 24.9 Å². The zero-order chi connectivity index (χ0) is 22.9. The van der Waals surface area contributed by atoms with Gasteiger partial charge in [0, 0.05) is 13.1 Å². The van der Waals surface area contributed by atoms with Crippen molar-refractivity contribution < 1.29 is 19.4 Å². The third-order valence-electron chi connectivity index (χ3n) is 5.51. The average molecular weight is 435 g/mol. The lowest BCUT2D eigenvalue weighted by Crippen LogP contribution is -2.38. The van der Waals surface area contributed by atoms with Gasteiger partial charge in [0.05, 0.1) is 14.2 Å². The van der Waals surface area contributed by atoms with Crippen molar-refractivity contribution in [1.82, 2.24) is 10.6 Å². The van der Waals surface area contributed by atoms with Crippen LogP contribution in [-0.4, -0.2) is 32.3 Å². The van der Waals surface area contributed by atoms with E-state index in [1.807, 2.05) is 60.7 Å². The smallest absolute Gasteiger partial charge is 0.241 e. The molecule has 0 spiro atoms.